The Morgan fingerprint density at radius 3 is 2.14 bits per heavy atom. The summed E-state index contributed by atoms with van der Waals surface area (Å²) in [7, 11) is 0. The summed E-state index contributed by atoms with van der Waals surface area (Å²) < 4.78 is 0. The van der Waals surface area contributed by atoms with E-state index in [1.54, 1.807) is 0 Å². The third-order valence-corrected chi connectivity index (χ3v) is 3.66. The summed E-state index contributed by atoms with van der Waals surface area (Å²) >= 11 is 0. The van der Waals surface area contributed by atoms with E-state index >= 15 is 0 Å². The molecule has 6 heteroatoms. The molecule has 2 rings (SSSR count). The summed E-state index contributed by atoms with van der Waals surface area (Å²) in [6.07, 6.45) is 0. The molecule has 0 unspecified atom stereocenters. The number of carbonyl (C=O) groups is 2. The first kappa shape index (κ1) is 18.3. The molecule has 1 aromatic carbocycles. The normalized spacial score (nSPS) is 14.5. The minimum atomic E-state index is 0. The van der Waals surface area contributed by atoms with E-state index in [4.69, 9.17) is 0 Å². The number of carbonyl (C=O) groups excluding carboxylic acids is 2. The first-order valence-electron chi connectivity index (χ1n) is 7.43. The van der Waals surface area contributed by atoms with Gasteiger partial charge in [0.15, 0.2) is 0 Å². The van der Waals surface area contributed by atoms with Gasteiger partial charge in [-0.2, -0.15) is 0 Å². The quantitative estimate of drug-likeness (QED) is 0.919. The second-order valence-electron chi connectivity index (χ2n) is 5.58. The number of nitrogens with zero attached hydrogens (tertiary/aromatic N) is 2. The number of amides is 2. The molecule has 0 radical (unpaired) electrons. The van der Waals surface area contributed by atoms with Gasteiger partial charge in [-0.15, -0.1) is 12.4 Å². The fraction of sp³-hybridized carbons (Fsp3) is 0.500. The molecule has 2 amide bonds. The van der Waals surface area contributed by atoms with E-state index in [1.165, 1.54) is 0 Å². The molecule has 0 aliphatic carbocycles. The van der Waals surface area contributed by atoms with E-state index in [0.717, 1.165) is 5.69 Å². The van der Waals surface area contributed by atoms with Gasteiger partial charge in [-0.25, -0.2) is 0 Å². The van der Waals surface area contributed by atoms with Crippen molar-refractivity contribution in [2.75, 3.05) is 38.0 Å². The lowest BCUT2D eigenvalue weighted by atomic mass is 10.1. The van der Waals surface area contributed by atoms with Crippen molar-refractivity contribution >= 4 is 29.9 Å². The largest absolute Gasteiger partial charge is 0.376 e. The summed E-state index contributed by atoms with van der Waals surface area (Å²) in [6, 6.07) is 9.68. The van der Waals surface area contributed by atoms with Crippen molar-refractivity contribution in [2.24, 2.45) is 5.92 Å². The van der Waals surface area contributed by atoms with Gasteiger partial charge in [0, 0.05) is 37.8 Å². The zero-order valence-electron chi connectivity index (χ0n) is 13.1. The lowest BCUT2D eigenvalue weighted by molar-refractivity contribution is -0.140. The highest BCUT2D eigenvalue weighted by Crippen LogP contribution is 2.08. The van der Waals surface area contributed by atoms with Crippen LogP contribution in [0, 0.1) is 5.92 Å². The Bertz CT molecular complexity index is 485. The maximum absolute atomic E-state index is 12.1. The first-order chi connectivity index (χ1) is 10.1. The molecular formula is C16H24ClN3O2. The molecule has 0 atom stereocenters. The van der Waals surface area contributed by atoms with Crippen LogP contribution >= 0.6 is 12.4 Å². The van der Waals surface area contributed by atoms with Gasteiger partial charge in [-0.1, -0.05) is 32.0 Å². The van der Waals surface area contributed by atoms with Gasteiger partial charge < -0.3 is 15.1 Å². The number of hydrogen-bond acceptors (Lipinski definition) is 3. The predicted octanol–water partition coefficient (Wildman–Crippen LogP) is 1.85. The van der Waals surface area contributed by atoms with E-state index in [2.05, 4.69) is 5.32 Å². The fourth-order valence-electron chi connectivity index (χ4n) is 2.39. The number of hydrogen-bond donors (Lipinski definition) is 1. The monoisotopic (exact) mass is 325 g/mol. The van der Waals surface area contributed by atoms with E-state index in [-0.39, 0.29) is 30.1 Å². The van der Waals surface area contributed by atoms with Crippen LogP contribution in [0.3, 0.4) is 0 Å². The van der Waals surface area contributed by atoms with Gasteiger partial charge in [0.25, 0.3) is 0 Å². The lowest BCUT2D eigenvalue weighted by Gasteiger charge is -2.35. The summed E-state index contributed by atoms with van der Waals surface area (Å²) in [5.74, 6) is 0.270. The Morgan fingerprint density at radius 1 is 1.05 bits per heavy atom. The zero-order chi connectivity index (χ0) is 15.2. The van der Waals surface area contributed by atoms with Crippen LogP contribution < -0.4 is 5.32 Å². The average Bonchev–Trinajstić information content (AvgIpc) is 2.53. The highest BCUT2D eigenvalue weighted by Gasteiger charge is 2.24. The maximum Gasteiger partial charge on any atom is 0.241 e. The fourth-order valence-corrected chi connectivity index (χ4v) is 2.39. The Kier molecular flexibility index (Phi) is 7.18. The second-order valence-corrected chi connectivity index (χ2v) is 5.58. The van der Waals surface area contributed by atoms with Crippen LogP contribution in [-0.2, 0) is 9.59 Å². The van der Waals surface area contributed by atoms with Gasteiger partial charge in [0.1, 0.15) is 0 Å². The van der Waals surface area contributed by atoms with Crippen molar-refractivity contribution in [3.63, 3.8) is 0 Å². The molecule has 1 aromatic rings. The highest BCUT2D eigenvalue weighted by atomic mass is 35.5. The first-order valence-corrected chi connectivity index (χ1v) is 7.43. The van der Waals surface area contributed by atoms with Crippen LogP contribution in [0.1, 0.15) is 13.8 Å². The van der Waals surface area contributed by atoms with Crippen LogP contribution in [0.4, 0.5) is 5.69 Å². The maximum atomic E-state index is 12.1. The molecule has 22 heavy (non-hydrogen) atoms. The Labute approximate surface area is 138 Å². The van der Waals surface area contributed by atoms with Gasteiger partial charge >= 0.3 is 0 Å². The number of anilines is 1. The summed E-state index contributed by atoms with van der Waals surface area (Å²) in [6.45, 7) is 6.61. The number of nitrogens with one attached hydrogen (secondary N) is 1. The van der Waals surface area contributed by atoms with Crippen LogP contribution in [0.5, 0.6) is 0 Å². The summed E-state index contributed by atoms with van der Waals surface area (Å²) in [5, 5.41) is 3.12. The molecule has 0 aromatic heterocycles. The Hall–Kier alpha value is -1.75. The Balaban J connectivity index is 0.00000242. The average molecular weight is 326 g/mol. The SMILES string of the molecule is CC(C)C(=O)N1CCN(C(=O)CNc2ccccc2)CC1.Cl. The van der Waals surface area contributed by atoms with Crippen molar-refractivity contribution < 1.29 is 9.59 Å². The molecule has 1 aliphatic heterocycles. The molecule has 0 saturated carbocycles. The molecule has 1 fully saturated rings. The van der Waals surface area contributed by atoms with Gasteiger partial charge in [-0.3, -0.25) is 9.59 Å². The molecule has 0 bridgehead atoms. The lowest BCUT2D eigenvalue weighted by Crippen LogP contribution is -2.52. The molecule has 1 saturated heterocycles. The second kappa shape index (κ2) is 8.63. The number of halogens is 1. The highest BCUT2D eigenvalue weighted by molar-refractivity contribution is 5.85. The van der Waals surface area contributed by atoms with Crippen LogP contribution in [0.2, 0.25) is 0 Å². The molecule has 122 valence electrons. The number of para-hydroxylation sites is 1. The van der Waals surface area contributed by atoms with E-state index < -0.39 is 0 Å². The van der Waals surface area contributed by atoms with Gasteiger partial charge in [0.05, 0.1) is 6.54 Å². The van der Waals surface area contributed by atoms with Crippen molar-refractivity contribution in [1.82, 2.24) is 9.80 Å². The van der Waals surface area contributed by atoms with Crippen LogP contribution in [0.25, 0.3) is 0 Å². The molecular weight excluding hydrogens is 302 g/mol. The molecule has 1 N–H and O–H groups in total. The number of rotatable bonds is 4. The van der Waals surface area contributed by atoms with E-state index in [1.807, 2.05) is 54.0 Å². The molecule has 0 spiro atoms. The summed E-state index contributed by atoms with van der Waals surface area (Å²) in [4.78, 5) is 27.7. The standard InChI is InChI=1S/C16H23N3O2.ClH/c1-13(2)16(21)19-10-8-18(9-11-19)15(20)12-17-14-6-4-3-5-7-14;/h3-7,13,17H,8-12H2,1-2H3;1H. The summed E-state index contributed by atoms with van der Waals surface area (Å²) in [5.41, 5.74) is 0.944. The third-order valence-electron chi connectivity index (χ3n) is 3.66. The topological polar surface area (TPSA) is 52.7 Å². The van der Waals surface area contributed by atoms with Crippen molar-refractivity contribution in [2.45, 2.75) is 13.8 Å². The minimum Gasteiger partial charge on any atom is -0.376 e. The van der Waals surface area contributed by atoms with Crippen molar-refractivity contribution in [3.8, 4) is 0 Å². The molecule has 1 heterocycles. The number of piperazine rings is 1. The van der Waals surface area contributed by atoms with E-state index in [0.29, 0.717) is 32.7 Å². The molecule has 5 nitrogen and oxygen atoms in total. The van der Waals surface area contributed by atoms with Crippen LogP contribution in [0.15, 0.2) is 30.3 Å². The van der Waals surface area contributed by atoms with Crippen LogP contribution in [-0.4, -0.2) is 54.3 Å². The van der Waals surface area contributed by atoms with Crippen molar-refractivity contribution in [3.05, 3.63) is 30.3 Å². The van der Waals surface area contributed by atoms with Crippen molar-refractivity contribution in [1.29, 1.82) is 0 Å². The van der Waals surface area contributed by atoms with E-state index in [9.17, 15) is 9.59 Å². The van der Waals surface area contributed by atoms with Gasteiger partial charge in [-0.05, 0) is 12.1 Å². The predicted molar refractivity (Wildman–Crippen MR) is 90.2 cm³/mol. The number of benzene rings is 1. The minimum absolute atomic E-state index is 0. The third kappa shape index (κ3) is 4.91. The van der Waals surface area contributed by atoms with Gasteiger partial charge in [0.2, 0.25) is 11.8 Å². The Morgan fingerprint density at radius 2 is 1.59 bits per heavy atom. The zero-order valence-corrected chi connectivity index (χ0v) is 13.9. The smallest absolute Gasteiger partial charge is 0.241 e. The molecule has 1 aliphatic rings.